The van der Waals surface area contributed by atoms with E-state index in [0.29, 0.717) is 25.3 Å². The number of nitrogens with zero attached hydrogens (tertiary/aromatic N) is 3. The number of carbonyl (C=O) groups is 1. The summed E-state index contributed by atoms with van der Waals surface area (Å²) in [7, 11) is 1.58. The van der Waals surface area contributed by atoms with Crippen LogP contribution in [-0.4, -0.2) is 52.9 Å². The average molecular weight is 242 g/mol. The van der Waals surface area contributed by atoms with Crippen molar-refractivity contribution in [2.45, 2.75) is 19.4 Å². The van der Waals surface area contributed by atoms with Gasteiger partial charge in [-0.1, -0.05) is 5.21 Å². The van der Waals surface area contributed by atoms with Crippen molar-refractivity contribution in [3.05, 3.63) is 11.9 Å². The summed E-state index contributed by atoms with van der Waals surface area (Å²) < 4.78 is 6.32. The quantitative estimate of drug-likeness (QED) is 0.607. The van der Waals surface area contributed by atoms with Crippen LogP contribution in [0.4, 0.5) is 0 Å². The minimum absolute atomic E-state index is 0.0209. The van der Waals surface area contributed by atoms with E-state index in [4.69, 9.17) is 9.84 Å². The Morgan fingerprint density at radius 1 is 1.71 bits per heavy atom. The molecule has 0 radical (unpaired) electrons. The van der Waals surface area contributed by atoms with Crippen LogP contribution in [-0.2, 0) is 16.0 Å². The highest BCUT2D eigenvalue weighted by Gasteiger charge is 2.15. The van der Waals surface area contributed by atoms with Crippen LogP contribution in [0.15, 0.2) is 6.20 Å². The minimum Gasteiger partial charge on any atom is -0.396 e. The molecule has 1 amide bonds. The van der Waals surface area contributed by atoms with Crippen LogP contribution in [0.25, 0.3) is 0 Å². The van der Waals surface area contributed by atoms with Gasteiger partial charge in [0.15, 0.2) is 0 Å². The lowest BCUT2D eigenvalue weighted by Gasteiger charge is -2.11. The number of hydrogen-bond acceptors (Lipinski definition) is 5. The van der Waals surface area contributed by atoms with E-state index in [0.717, 1.165) is 0 Å². The number of aliphatic hydroxyl groups excluding tert-OH is 1. The zero-order chi connectivity index (χ0) is 12.7. The number of rotatable bonds is 7. The Kier molecular flexibility index (Phi) is 5.58. The minimum atomic E-state index is -0.424. The summed E-state index contributed by atoms with van der Waals surface area (Å²) in [4.78, 5) is 11.7. The molecule has 1 heterocycles. The second-order valence-electron chi connectivity index (χ2n) is 3.62. The zero-order valence-electron chi connectivity index (χ0n) is 10.1. The standard InChI is InChI=1S/C10H18N4O3/c1-8(10(16)11-4-6-17-2)14-7-9(3-5-15)12-13-14/h7-8,15H,3-6H2,1-2H3,(H,11,16). The SMILES string of the molecule is COCCNC(=O)C(C)n1cc(CCO)nn1. The van der Waals surface area contributed by atoms with Crippen LogP contribution in [0.5, 0.6) is 0 Å². The number of aromatic nitrogens is 3. The molecule has 0 aliphatic rings. The third kappa shape index (κ3) is 4.12. The normalized spacial score (nSPS) is 12.4. The molecule has 1 rings (SSSR count). The Morgan fingerprint density at radius 2 is 2.47 bits per heavy atom. The van der Waals surface area contributed by atoms with Gasteiger partial charge in [-0.2, -0.15) is 0 Å². The molecule has 2 N–H and O–H groups in total. The average Bonchev–Trinajstić information content (AvgIpc) is 2.77. The van der Waals surface area contributed by atoms with Crippen LogP contribution in [0.1, 0.15) is 18.7 Å². The molecule has 0 fully saturated rings. The molecule has 0 spiro atoms. The number of ether oxygens (including phenoxy) is 1. The molecule has 1 aromatic heterocycles. The number of carbonyl (C=O) groups excluding carboxylic acids is 1. The highest BCUT2D eigenvalue weighted by atomic mass is 16.5. The van der Waals surface area contributed by atoms with Gasteiger partial charge in [-0.05, 0) is 6.92 Å². The molecule has 17 heavy (non-hydrogen) atoms. The van der Waals surface area contributed by atoms with E-state index >= 15 is 0 Å². The fraction of sp³-hybridized carbons (Fsp3) is 0.700. The van der Waals surface area contributed by atoms with E-state index in [2.05, 4.69) is 15.6 Å². The lowest BCUT2D eigenvalue weighted by Crippen LogP contribution is -2.33. The maximum Gasteiger partial charge on any atom is 0.244 e. The van der Waals surface area contributed by atoms with Crippen molar-refractivity contribution in [2.75, 3.05) is 26.9 Å². The number of amides is 1. The molecule has 1 unspecified atom stereocenters. The van der Waals surface area contributed by atoms with Gasteiger partial charge < -0.3 is 15.2 Å². The van der Waals surface area contributed by atoms with Gasteiger partial charge in [0, 0.05) is 32.9 Å². The molecule has 0 saturated carbocycles. The molecule has 0 aromatic carbocycles. The first kappa shape index (κ1) is 13.6. The van der Waals surface area contributed by atoms with E-state index in [-0.39, 0.29) is 12.5 Å². The largest absolute Gasteiger partial charge is 0.396 e. The van der Waals surface area contributed by atoms with Crippen molar-refractivity contribution in [2.24, 2.45) is 0 Å². The molecule has 0 saturated heterocycles. The monoisotopic (exact) mass is 242 g/mol. The van der Waals surface area contributed by atoms with Gasteiger partial charge in [-0.3, -0.25) is 4.79 Å². The third-order valence-corrected chi connectivity index (χ3v) is 2.31. The summed E-state index contributed by atoms with van der Waals surface area (Å²) in [5, 5.41) is 19.2. The Morgan fingerprint density at radius 3 is 3.12 bits per heavy atom. The predicted octanol–water partition coefficient (Wildman–Crippen LogP) is -0.863. The summed E-state index contributed by atoms with van der Waals surface area (Å²) in [5.74, 6) is -0.137. The number of aliphatic hydroxyl groups is 1. The molecule has 0 aliphatic carbocycles. The van der Waals surface area contributed by atoms with E-state index in [1.54, 1.807) is 20.2 Å². The van der Waals surface area contributed by atoms with Crippen molar-refractivity contribution in [1.82, 2.24) is 20.3 Å². The fourth-order valence-corrected chi connectivity index (χ4v) is 1.28. The molecule has 7 heteroatoms. The predicted molar refractivity (Wildman–Crippen MR) is 60.4 cm³/mol. The molecule has 1 aromatic rings. The highest BCUT2D eigenvalue weighted by Crippen LogP contribution is 2.04. The molecular formula is C10H18N4O3. The molecule has 0 aliphatic heterocycles. The van der Waals surface area contributed by atoms with Crippen LogP contribution in [0.3, 0.4) is 0 Å². The van der Waals surface area contributed by atoms with Crippen LogP contribution < -0.4 is 5.32 Å². The van der Waals surface area contributed by atoms with Crippen molar-refractivity contribution in [1.29, 1.82) is 0 Å². The third-order valence-electron chi connectivity index (χ3n) is 2.31. The topological polar surface area (TPSA) is 89.3 Å². The van der Waals surface area contributed by atoms with Crippen molar-refractivity contribution < 1.29 is 14.6 Å². The first-order valence-corrected chi connectivity index (χ1v) is 5.47. The Balaban J connectivity index is 2.49. The number of nitrogens with one attached hydrogen (secondary N) is 1. The summed E-state index contributed by atoms with van der Waals surface area (Å²) in [6, 6.07) is -0.424. The smallest absolute Gasteiger partial charge is 0.244 e. The van der Waals surface area contributed by atoms with Gasteiger partial charge in [0.25, 0.3) is 0 Å². The summed E-state index contributed by atoms with van der Waals surface area (Å²) >= 11 is 0. The highest BCUT2D eigenvalue weighted by molar-refractivity contribution is 5.79. The van der Waals surface area contributed by atoms with Crippen molar-refractivity contribution in [3.63, 3.8) is 0 Å². The first-order valence-electron chi connectivity index (χ1n) is 5.47. The van der Waals surface area contributed by atoms with Gasteiger partial charge in [0.1, 0.15) is 6.04 Å². The van der Waals surface area contributed by atoms with E-state index < -0.39 is 6.04 Å². The lowest BCUT2D eigenvalue weighted by molar-refractivity contribution is -0.124. The van der Waals surface area contributed by atoms with Gasteiger partial charge in [0.05, 0.1) is 12.3 Å². The summed E-state index contributed by atoms with van der Waals surface area (Å²) in [5.41, 5.74) is 0.670. The molecule has 96 valence electrons. The first-order chi connectivity index (χ1) is 8.19. The zero-order valence-corrected chi connectivity index (χ0v) is 10.1. The second-order valence-corrected chi connectivity index (χ2v) is 3.62. The molecular weight excluding hydrogens is 224 g/mol. The van der Waals surface area contributed by atoms with E-state index in [9.17, 15) is 4.79 Å². The van der Waals surface area contributed by atoms with Crippen LogP contribution in [0, 0.1) is 0 Å². The Bertz CT molecular complexity index is 353. The fourth-order valence-electron chi connectivity index (χ4n) is 1.28. The molecule has 0 bridgehead atoms. The maximum atomic E-state index is 11.7. The van der Waals surface area contributed by atoms with Crippen LogP contribution >= 0.6 is 0 Å². The van der Waals surface area contributed by atoms with E-state index in [1.807, 2.05) is 0 Å². The van der Waals surface area contributed by atoms with Gasteiger partial charge in [-0.15, -0.1) is 5.10 Å². The van der Waals surface area contributed by atoms with E-state index in [1.165, 1.54) is 4.68 Å². The van der Waals surface area contributed by atoms with Crippen LogP contribution in [0.2, 0.25) is 0 Å². The molecule has 1 atom stereocenters. The van der Waals surface area contributed by atoms with Gasteiger partial charge >= 0.3 is 0 Å². The lowest BCUT2D eigenvalue weighted by atomic mass is 10.3. The number of methoxy groups -OCH3 is 1. The van der Waals surface area contributed by atoms with Crippen molar-refractivity contribution >= 4 is 5.91 Å². The number of hydrogen-bond donors (Lipinski definition) is 2. The summed E-state index contributed by atoms with van der Waals surface area (Å²) in [6.45, 7) is 2.70. The second kappa shape index (κ2) is 6.97. The van der Waals surface area contributed by atoms with Crippen molar-refractivity contribution in [3.8, 4) is 0 Å². The van der Waals surface area contributed by atoms with Gasteiger partial charge in [-0.25, -0.2) is 4.68 Å². The maximum absolute atomic E-state index is 11.7. The molecule has 7 nitrogen and oxygen atoms in total. The Hall–Kier alpha value is -1.47. The summed E-state index contributed by atoms with van der Waals surface area (Å²) in [6.07, 6.45) is 2.11. The Labute approximate surface area is 99.8 Å². The van der Waals surface area contributed by atoms with Gasteiger partial charge in [0.2, 0.25) is 5.91 Å².